The second kappa shape index (κ2) is 12.7. The molecule has 0 amide bonds. The highest BCUT2D eigenvalue weighted by molar-refractivity contribution is 5.63. The number of benzene rings is 2. The number of alkyl halides is 1. The fourth-order valence-electron chi connectivity index (χ4n) is 6.58. The Kier molecular flexibility index (Phi) is 9.45. The van der Waals surface area contributed by atoms with Crippen LogP contribution in [-0.4, -0.2) is 6.67 Å². The van der Waals surface area contributed by atoms with Gasteiger partial charge in [0.2, 0.25) is 0 Å². The van der Waals surface area contributed by atoms with Gasteiger partial charge in [-0.3, -0.25) is 4.39 Å². The van der Waals surface area contributed by atoms with Crippen molar-refractivity contribution in [2.24, 2.45) is 23.7 Å². The molecule has 0 nitrogen and oxygen atoms in total. The standard InChI is InChI=1S/C32H45F/c1-25-6-16-29(17-7-25)30-20-12-27(13-21-30)8-9-28-14-22-32(23-15-28)31-18-10-26(11-19-31)5-3-2-4-24-33/h6-7,12-13,16-17,20-21,26,28,31-32H,2-5,8-11,14-15,18-19,22-24H2,1H3/t26-,28?,31-,32?. The summed E-state index contributed by atoms with van der Waals surface area (Å²) in [6, 6.07) is 18.1. The van der Waals surface area contributed by atoms with Gasteiger partial charge in [-0.05, 0) is 92.2 Å². The molecule has 0 spiro atoms. The summed E-state index contributed by atoms with van der Waals surface area (Å²) in [6.07, 6.45) is 18.7. The third-order valence-corrected chi connectivity index (χ3v) is 8.88. The summed E-state index contributed by atoms with van der Waals surface area (Å²) in [6.45, 7) is 2.02. The Bertz CT molecular complexity index is 789. The predicted molar refractivity (Wildman–Crippen MR) is 140 cm³/mol. The quantitative estimate of drug-likeness (QED) is 0.317. The van der Waals surface area contributed by atoms with E-state index in [1.807, 2.05) is 0 Å². The van der Waals surface area contributed by atoms with Crippen molar-refractivity contribution in [2.75, 3.05) is 6.67 Å². The van der Waals surface area contributed by atoms with Crippen LogP contribution in [-0.2, 0) is 6.42 Å². The van der Waals surface area contributed by atoms with E-state index < -0.39 is 0 Å². The number of rotatable bonds is 10. The zero-order chi connectivity index (χ0) is 22.9. The smallest absolute Gasteiger partial charge is 0.0894 e. The van der Waals surface area contributed by atoms with Crippen LogP contribution < -0.4 is 0 Å². The van der Waals surface area contributed by atoms with Crippen LogP contribution in [0.15, 0.2) is 48.5 Å². The molecule has 0 N–H and O–H groups in total. The Morgan fingerprint density at radius 3 is 1.67 bits per heavy atom. The molecule has 0 heterocycles. The monoisotopic (exact) mass is 448 g/mol. The Morgan fingerprint density at radius 1 is 0.606 bits per heavy atom. The molecule has 2 aliphatic carbocycles. The summed E-state index contributed by atoms with van der Waals surface area (Å²) >= 11 is 0. The van der Waals surface area contributed by atoms with Crippen molar-refractivity contribution in [2.45, 2.75) is 96.8 Å². The van der Waals surface area contributed by atoms with Gasteiger partial charge in [0.15, 0.2) is 0 Å². The lowest BCUT2D eigenvalue weighted by Gasteiger charge is -2.38. The summed E-state index contributed by atoms with van der Waals surface area (Å²) in [5.41, 5.74) is 5.46. The number of aryl methyl sites for hydroxylation is 2. The molecule has 2 aliphatic rings. The van der Waals surface area contributed by atoms with E-state index in [9.17, 15) is 4.39 Å². The van der Waals surface area contributed by atoms with E-state index in [4.69, 9.17) is 0 Å². The minimum absolute atomic E-state index is 0.129. The third kappa shape index (κ3) is 7.43. The minimum atomic E-state index is -0.129. The highest BCUT2D eigenvalue weighted by atomic mass is 19.1. The maximum atomic E-state index is 12.3. The number of hydrogen-bond donors (Lipinski definition) is 0. The van der Waals surface area contributed by atoms with Crippen molar-refractivity contribution < 1.29 is 4.39 Å². The largest absolute Gasteiger partial charge is 0.251 e. The Labute approximate surface area is 202 Å². The molecule has 2 aromatic carbocycles. The van der Waals surface area contributed by atoms with Gasteiger partial charge in [-0.2, -0.15) is 0 Å². The van der Waals surface area contributed by atoms with Crippen LogP contribution in [0.2, 0.25) is 0 Å². The van der Waals surface area contributed by atoms with Crippen LogP contribution in [0.25, 0.3) is 11.1 Å². The molecule has 4 rings (SSSR count). The van der Waals surface area contributed by atoms with Crippen LogP contribution in [0.3, 0.4) is 0 Å². The Morgan fingerprint density at radius 2 is 1.12 bits per heavy atom. The van der Waals surface area contributed by atoms with E-state index in [1.54, 1.807) is 0 Å². The van der Waals surface area contributed by atoms with Gasteiger partial charge in [-0.1, -0.05) is 99.0 Å². The Balaban J connectivity index is 1.13. The molecule has 0 atom stereocenters. The lowest BCUT2D eigenvalue weighted by atomic mass is 9.68. The molecule has 0 bridgehead atoms. The maximum Gasteiger partial charge on any atom is 0.0894 e. The van der Waals surface area contributed by atoms with Crippen molar-refractivity contribution in [1.82, 2.24) is 0 Å². The van der Waals surface area contributed by atoms with Gasteiger partial charge in [0.25, 0.3) is 0 Å². The molecule has 2 saturated carbocycles. The van der Waals surface area contributed by atoms with E-state index in [0.717, 1.165) is 36.5 Å². The molecule has 0 aliphatic heterocycles. The molecule has 2 fully saturated rings. The van der Waals surface area contributed by atoms with E-state index in [-0.39, 0.29) is 6.67 Å². The predicted octanol–water partition coefficient (Wildman–Crippen LogP) is 9.74. The second-order valence-corrected chi connectivity index (χ2v) is 11.2. The fraction of sp³-hybridized carbons (Fsp3) is 0.625. The molecule has 0 saturated heterocycles. The summed E-state index contributed by atoms with van der Waals surface area (Å²) in [5.74, 6) is 3.88. The van der Waals surface area contributed by atoms with E-state index >= 15 is 0 Å². The van der Waals surface area contributed by atoms with Gasteiger partial charge in [0.05, 0.1) is 6.67 Å². The number of halogens is 1. The Hall–Kier alpha value is -1.63. The van der Waals surface area contributed by atoms with Crippen molar-refractivity contribution in [1.29, 1.82) is 0 Å². The second-order valence-electron chi connectivity index (χ2n) is 11.2. The lowest BCUT2D eigenvalue weighted by Crippen LogP contribution is -2.26. The van der Waals surface area contributed by atoms with Crippen LogP contribution in [0, 0.1) is 30.6 Å². The molecule has 180 valence electrons. The van der Waals surface area contributed by atoms with Crippen LogP contribution >= 0.6 is 0 Å². The highest BCUT2D eigenvalue weighted by Crippen LogP contribution is 2.43. The summed E-state index contributed by atoms with van der Waals surface area (Å²) in [5, 5.41) is 0. The average molecular weight is 449 g/mol. The summed E-state index contributed by atoms with van der Waals surface area (Å²) < 4.78 is 12.3. The normalized spacial score (nSPS) is 25.8. The van der Waals surface area contributed by atoms with Gasteiger partial charge in [0, 0.05) is 0 Å². The van der Waals surface area contributed by atoms with Crippen LogP contribution in [0.1, 0.15) is 94.6 Å². The van der Waals surface area contributed by atoms with Crippen molar-refractivity contribution in [3.8, 4) is 11.1 Å². The third-order valence-electron chi connectivity index (χ3n) is 8.88. The maximum absolute atomic E-state index is 12.3. The van der Waals surface area contributed by atoms with E-state index in [1.165, 1.54) is 99.3 Å². The number of hydrogen-bond acceptors (Lipinski definition) is 0. The molecule has 0 unspecified atom stereocenters. The molecule has 2 aromatic rings. The first-order chi connectivity index (χ1) is 16.2. The van der Waals surface area contributed by atoms with Crippen molar-refractivity contribution in [3.63, 3.8) is 0 Å². The van der Waals surface area contributed by atoms with Crippen LogP contribution in [0.4, 0.5) is 4.39 Å². The highest BCUT2D eigenvalue weighted by Gasteiger charge is 2.30. The van der Waals surface area contributed by atoms with Gasteiger partial charge in [-0.15, -0.1) is 0 Å². The lowest BCUT2D eigenvalue weighted by molar-refractivity contribution is 0.140. The first-order valence-electron chi connectivity index (χ1n) is 13.9. The summed E-state index contributed by atoms with van der Waals surface area (Å²) in [7, 11) is 0. The van der Waals surface area contributed by atoms with Crippen molar-refractivity contribution in [3.05, 3.63) is 59.7 Å². The SMILES string of the molecule is Cc1ccc(-c2ccc(CCC3CCC([C@H]4CC[C@H](CCCCCF)CC4)CC3)cc2)cc1. The number of unbranched alkanes of at least 4 members (excludes halogenated alkanes) is 2. The molecule has 0 radical (unpaired) electrons. The zero-order valence-corrected chi connectivity index (χ0v) is 20.9. The molecule has 0 aromatic heterocycles. The molecular weight excluding hydrogens is 403 g/mol. The fourth-order valence-corrected chi connectivity index (χ4v) is 6.58. The first-order valence-corrected chi connectivity index (χ1v) is 13.9. The van der Waals surface area contributed by atoms with Crippen molar-refractivity contribution >= 4 is 0 Å². The van der Waals surface area contributed by atoms with Gasteiger partial charge in [-0.25, -0.2) is 0 Å². The van der Waals surface area contributed by atoms with E-state index in [2.05, 4.69) is 55.5 Å². The topological polar surface area (TPSA) is 0 Å². The molecular formula is C32H45F. The molecule has 33 heavy (non-hydrogen) atoms. The zero-order valence-electron chi connectivity index (χ0n) is 20.9. The van der Waals surface area contributed by atoms with Gasteiger partial charge < -0.3 is 0 Å². The summed E-state index contributed by atoms with van der Waals surface area (Å²) in [4.78, 5) is 0. The van der Waals surface area contributed by atoms with E-state index in [0.29, 0.717) is 0 Å². The van der Waals surface area contributed by atoms with Gasteiger partial charge in [0.1, 0.15) is 0 Å². The average Bonchev–Trinajstić information content (AvgIpc) is 2.87. The minimum Gasteiger partial charge on any atom is -0.251 e. The van der Waals surface area contributed by atoms with Gasteiger partial charge >= 0.3 is 0 Å². The first kappa shape index (κ1) is 24.5. The molecule has 1 heteroatoms. The van der Waals surface area contributed by atoms with Crippen LogP contribution in [0.5, 0.6) is 0 Å².